The van der Waals surface area contributed by atoms with Crippen molar-refractivity contribution in [2.45, 2.75) is 20.4 Å². The van der Waals surface area contributed by atoms with Gasteiger partial charge in [-0.1, -0.05) is 35.4 Å². The van der Waals surface area contributed by atoms with Gasteiger partial charge in [0.25, 0.3) is 5.91 Å². The summed E-state index contributed by atoms with van der Waals surface area (Å²) in [6, 6.07) is 15.3. The minimum Gasteiger partial charge on any atom is -0.419 e. The fourth-order valence-electron chi connectivity index (χ4n) is 2.32. The second kappa shape index (κ2) is 6.66. The zero-order valence-corrected chi connectivity index (χ0v) is 14.0. The van der Waals surface area contributed by atoms with E-state index in [0.29, 0.717) is 17.3 Å². The Morgan fingerprint density at radius 2 is 1.54 bits per heavy atom. The van der Waals surface area contributed by atoms with Crippen LogP contribution in [0.1, 0.15) is 27.4 Å². The van der Waals surface area contributed by atoms with Gasteiger partial charge in [-0.25, -0.2) is 0 Å². The molecule has 2 aromatic carbocycles. The van der Waals surface area contributed by atoms with E-state index in [1.165, 1.54) is 5.56 Å². The van der Waals surface area contributed by atoms with Crippen LogP contribution in [0.25, 0.3) is 11.5 Å². The first-order valence-corrected chi connectivity index (χ1v) is 7.74. The van der Waals surface area contributed by atoms with Gasteiger partial charge >= 0.3 is 0 Å². The van der Waals surface area contributed by atoms with Gasteiger partial charge in [-0.05, 0) is 38.1 Å². The summed E-state index contributed by atoms with van der Waals surface area (Å²) >= 11 is 0. The Balaban J connectivity index is 1.70. The van der Waals surface area contributed by atoms with Crippen molar-refractivity contribution in [1.82, 2.24) is 15.1 Å². The summed E-state index contributed by atoms with van der Waals surface area (Å²) < 4.78 is 5.67. The van der Waals surface area contributed by atoms with E-state index in [9.17, 15) is 4.79 Å². The molecule has 24 heavy (non-hydrogen) atoms. The Hall–Kier alpha value is -2.95. The number of aryl methyl sites for hydroxylation is 2. The van der Waals surface area contributed by atoms with E-state index in [1.807, 2.05) is 62.4 Å². The lowest BCUT2D eigenvalue weighted by molar-refractivity contribution is 0.0773. The van der Waals surface area contributed by atoms with Gasteiger partial charge in [0.1, 0.15) is 0 Å². The molecule has 0 bridgehead atoms. The number of amides is 1. The number of nitrogens with zero attached hydrogens (tertiary/aromatic N) is 3. The fraction of sp³-hybridized carbons (Fsp3) is 0.211. The highest BCUT2D eigenvalue weighted by Crippen LogP contribution is 2.19. The van der Waals surface area contributed by atoms with Crippen molar-refractivity contribution in [3.05, 3.63) is 71.1 Å². The fourth-order valence-corrected chi connectivity index (χ4v) is 2.32. The van der Waals surface area contributed by atoms with Gasteiger partial charge in [0.05, 0.1) is 6.54 Å². The van der Waals surface area contributed by atoms with Gasteiger partial charge in [-0.15, -0.1) is 10.2 Å². The first-order chi connectivity index (χ1) is 11.5. The third-order valence-electron chi connectivity index (χ3n) is 3.78. The molecule has 3 aromatic rings. The minimum atomic E-state index is -0.0786. The second-order valence-corrected chi connectivity index (χ2v) is 5.89. The maximum atomic E-state index is 12.4. The van der Waals surface area contributed by atoms with E-state index in [2.05, 4.69) is 10.2 Å². The van der Waals surface area contributed by atoms with Crippen molar-refractivity contribution in [3.8, 4) is 11.5 Å². The highest BCUT2D eigenvalue weighted by atomic mass is 16.4. The lowest BCUT2D eigenvalue weighted by atomic mass is 10.1. The summed E-state index contributed by atoms with van der Waals surface area (Å²) in [5.41, 5.74) is 3.80. The summed E-state index contributed by atoms with van der Waals surface area (Å²) in [4.78, 5) is 14.0. The molecule has 0 saturated carbocycles. The van der Waals surface area contributed by atoms with E-state index in [-0.39, 0.29) is 12.5 Å². The summed E-state index contributed by atoms with van der Waals surface area (Å²) in [5.74, 6) is 0.791. The molecule has 1 aromatic heterocycles. The van der Waals surface area contributed by atoms with E-state index in [1.54, 1.807) is 11.9 Å². The number of hydrogen-bond donors (Lipinski definition) is 0. The lowest BCUT2D eigenvalue weighted by Crippen LogP contribution is -2.26. The highest BCUT2D eigenvalue weighted by Gasteiger charge is 2.16. The molecule has 0 fully saturated rings. The SMILES string of the molecule is Cc1ccc(C(=O)N(C)Cc2nnc(-c3ccc(C)cc3)o2)cc1. The standard InChI is InChI=1S/C19H19N3O2/c1-13-4-8-15(9-5-13)18-21-20-17(24-18)12-22(3)19(23)16-10-6-14(2)7-11-16/h4-11H,12H2,1-3H3. The number of benzene rings is 2. The van der Waals surface area contributed by atoms with Crippen LogP contribution in [-0.4, -0.2) is 28.1 Å². The summed E-state index contributed by atoms with van der Waals surface area (Å²) in [6.45, 7) is 4.28. The predicted octanol–water partition coefficient (Wildman–Crippen LogP) is 3.63. The zero-order valence-electron chi connectivity index (χ0n) is 14.0. The van der Waals surface area contributed by atoms with E-state index in [0.717, 1.165) is 11.1 Å². The van der Waals surface area contributed by atoms with E-state index >= 15 is 0 Å². The lowest BCUT2D eigenvalue weighted by Gasteiger charge is -2.14. The number of carbonyl (C=O) groups excluding carboxylic acids is 1. The molecule has 3 rings (SSSR count). The number of hydrogen-bond acceptors (Lipinski definition) is 4. The van der Waals surface area contributed by atoms with Crippen molar-refractivity contribution in [3.63, 3.8) is 0 Å². The number of carbonyl (C=O) groups is 1. The minimum absolute atomic E-state index is 0.0786. The van der Waals surface area contributed by atoms with Crippen LogP contribution in [0.3, 0.4) is 0 Å². The van der Waals surface area contributed by atoms with Gasteiger partial charge < -0.3 is 9.32 Å². The third-order valence-corrected chi connectivity index (χ3v) is 3.78. The van der Waals surface area contributed by atoms with Crippen LogP contribution >= 0.6 is 0 Å². The Morgan fingerprint density at radius 1 is 0.958 bits per heavy atom. The van der Waals surface area contributed by atoms with Crippen LogP contribution in [0.2, 0.25) is 0 Å². The van der Waals surface area contributed by atoms with E-state index < -0.39 is 0 Å². The van der Waals surface area contributed by atoms with Gasteiger partial charge in [-0.2, -0.15) is 0 Å². The Morgan fingerprint density at radius 3 is 2.17 bits per heavy atom. The highest BCUT2D eigenvalue weighted by molar-refractivity contribution is 5.94. The molecular weight excluding hydrogens is 302 g/mol. The molecule has 0 aliphatic rings. The molecule has 122 valence electrons. The normalized spacial score (nSPS) is 10.6. The van der Waals surface area contributed by atoms with Gasteiger partial charge in [0.2, 0.25) is 11.8 Å². The molecule has 0 spiro atoms. The summed E-state index contributed by atoms with van der Waals surface area (Å²) in [5, 5.41) is 8.09. The predicted molar refractivity (Wildman–Crippen MR) is 91.4 cm³/mol. The zero-order chi connectivity index (χ0) is 17.1. The first kappa shape index (κ1) is 15.9. The molecule has 0 radical (unpaired) electrons. The summed E-state index contributed by atoms with van der Waals surface area (Å²) in [7, 11) is 1.72. The smallest absolute Gasteiger partial charge is 0.254 e. The molecule has 5 heteroatoms. The van der Waals surface area contributed by atoms with Crippen molar-refractivity contribution < 1.29 is 9.21 Å². The topological polar surface area (TPSA) is 59.2 Å². The molecule has 0 atom stereocenters. The first-order valence-electron chi connectivity index (χ1n) is 7.74. The van der Waals surface area contributed by atoms with Crippen LogP contribution in [-0.2, 0) is 6.54 Å². The Labute approximate surface area is 140 Å². The Bertz CT molecular complexity index is 836. The van der Waals surface area contributed by atoms with E-state index in [4.69, 9.17) is 4.42 Å². The van der Waals surface area contributed by atoms with Crippen LogP contribution in [0.5, 0.6) is 0 Å². The van der Waals surface area contributed by atoms with Gasteiger partial charge in [-0.3, -0.25) is 4.79 Å². The number of rotatable bonds is 4. The molecule has 0 saturated heterocycles. The third kappa shape index (κ3) is 3.51. The van der Waals surface area contributed by atoms with Crippen LogP contribution < -0.4 is 0 Å². The molecular formula is C19H19N3O2. The van der Waals surface area contributed by atoms with Gasteiger partial charge in [0.15, 0.2) is 0 Å². The molecule has 0 unspecified atom stereocenters. The van der Waals surface area contributed by atoms with Crippen LogP contribution in [0, 0.1) is 13.8 Å². The molecule has 0 N–H and O–H groups in total. The molecule has 5 nitrogen and oxygen atoms in total. The maximum absolute atomic E-state index is 12.4. The van der Waals surface area contributed by atoms with Crippen LogP contribution in [0.15, 0.2) is 52.9 Å². The quantitative estimate of drug-likeness (QED) is 0.736. The molecule has 0 aliphatic heterocycles. The number of aromatic nitrogens is 2. The Kier molecular flexibility index (Phi) is 4.42. The summed E-state index contributed by atoms with van der Waals surface area (Å²) in [6.07, 6.45) is 0. The molecule has 1 amide bonds. The van der Waals surface area contributed by atoms with Crippen molar-refractivity contribution in [2.24, 2.45) is 0 Å². The second-order valence-electron chi connectivity index (χ2n) is 5.89. The maximum Gasteiger partial charge on any atom is 0.254 e. The molecule has 1 heterocycles. The van der Waals surface area contributed by atoms with Gasteiger partial charge in [0, 0.05) is 18.2 Å². The average Bonchev–Trinajstić information content (AvgIpc) is 3.04. The van der Waals surface area contributed by atoms with Crippen molar-refractivity contribution in [2.75, 3.05) is 7.05 Å². The van der Waals surface area contributed by atoms with Crippen molar-refractivity contribution >= 4 is 5.91 Å². The monoisotopic (exact) mass is 321 g/mol. The molecule has 0 aliphatic carbocycles. The average molecular weight is 321 g/mol. The largest absolute Gasteiger partial charge is 0.419 e. The van der Waals surface area contributed by atoms with Crippen LogP contribution in [0.4, 0.5) is 0 Å². The van der Waals surface area contributed by atoms with Crippen molar-refractivity contribution in [1.29, 1.82) is 0 Å².